The van der Waals surface area contributed by atoms with Crippen molar-refractivity contribution >= 4 is 11.8 Å². The Labute approximate surface area is 95.9 Å². The summed E-state index contributed by atoms with van der Waals surface area (Å²) >= 11 is 1.70. The molecule has 0 fully saturated rings. The normalized spacial score (nSPS) is 15.0. The maximum Gasteiger partial charge on any atom is 0.0616 e. The summed E-state index contributed by atoms with van der Waals surface area (Å²) in [5.74, 6) is 0.730. The second-order valence-corrected chi connectivity index (χ2v) is 5.39. The summed E-state index contributed by atoms with van der Waals surface area (Å²) in [5, 5.41) is 9.05. The molecule has 1 aromatic carbocycles. The Morgan fingerprint density at radius 3 is 2.60 bits per heavy atom. The molecule has 0 saturated carbocycles. The molecule has 0 saturated heterocycles. The maximum atomic E-state index is 9.05. The van der Waals surface area contributed by atoms with Crippen molar-refractivity contribution in [2.24, 2.45) is 5.73 Å². The molecule has 15 heavy (non-hydrogen) atoms. The van der Waals surface area contributed by atoms with Gasteiger partial charge in [-0.2, -0.15) is 0 Å². The van der Waals surface area contributed by atoms with Gasteiger partial charge in [0.1, 0.15) is 0 Å². The Morgan fingerprint density at radius 1 is 1.40 bits per heavy atom. The third-order valence-corrected chi connectivity index (χ3v) is 3.82. The number of aryl methyl sites for hydroxylation is 2. The molecule has 1 rings (SSSR count). The molecular weight excluding hydrogens is 206 g/mol. The van der Waals surface area contributed by atoms with Gasteiger partial charge < -0.3 is 10.8 Å². The molecule has 1 unspecified atom stereocenters. The smallest absolute Gasteiger partial charge is 0.0616 e. The number of aliphatic hydroxyl groups excluding tert-OH is 1. The summed E-state index contributed by atoms with van der Waals surface area (Å²) in [7, 11) is 0. The minimum atomic E-state index is -0.498. The van der Waals surface area contributed by atoms with Gasteiger partial charge in [0.25, 0.3) is 0 Å². The van der Waals surface area contributed by atoms with Gasteiger partial charge in [-0.3, -0.25) is 0 Å². The molecule has 84 valence electrons. The topological polar surface area (TPSA) is 46.2 Å². The van der Waals surface area contributed by atoms with Gasteiger partial charge in [-0.15, -0.1) is 11.8 Å². The van der Waals surface area contributed by atoms with Gasteiger partial charge in [0.15, 0.2) is 0 Å². The molecule has 3 N–H and O–H groups in total. The molecule has 0 radical (unpaired) electrons. The Hall–Kier alpha value is -0.510. The Morgan fingerprint density at radius 2 is 2.07 bits per heavy atom. The van der Waals surface area contributed by atoms with Gasteiger partial charge in [0.2, 0.25) is 0 Å². The average molecular weight is 225 g/mol. The molecule has 0 amide bonds. The Bertz CT molecular complexity index is 336. The van der Waals surface area contributed by atoms with E-state index in [9.17, 15) is 0 Å². The maximum absolute atomic E-state index is 9.05. The fourth-order valence-electron chi connectivity index (χ4n) is 1.25. The highest BCUT2D eigenvalue weighted by Crippen LogP contribution is 2.25. The predicted octanol–water partition coefficient (Wildman–Crippen LogP) is 2.11. The van der Waals surface area contributed by atoms with Crippen molar-refractivity contribution < 1.29 is 5.11 Å². The first-order valence-corrected chi connectivity index (χ1v) is 6.03. The summed E-state index contributed by atoms with van der Waals surface area (Å²) in [6.45, 7) is 6.07. The predicted molar refractivity (Wildman–Crippen MR) is 66.3 cm³/mol. The quantitative estimate of drug-likeness (QED) is 0.771. The highest BCUT2D eigenvalue weighted by Gasteiger charge is 2.17. The van der Waals surface area contributed by atoms with E-state index in [2.05, 4.69) is 32.0 Å². The minimum Gasteiger partial charge on any atom is -0.394 e. The molecule has 2 nitrogen and oxygen atoms in total. The molecular formula is C12H19NOS. The fraction of sp³-hybridized carbons (Fsp3) is 0.500. The van der Waals surface area contributed by atoms with E-state index >= 15 is 0 Å². The van der Waals surface area contributed by atoms with E-state index in [4.69, 9.17) is 10.8 Å². The van der Waals surface area contributed by atoms with Gasteiger partial charge in [-0.1, -0.05) is 17.7 Å². The molecule has 1 atom stereocenters. The Kier molecular flexibility index (Phi) is 4.20. The third kappa shape index (κ3) is 3.86. The lowest BCUT2D eigenvalue weighted by Gasteiger charge is -2.21. The zero-order valence-electron chi connectivity index (χ0n) is 9.58. The molecule has 1 aromatic rings. The van der Waals surface area contributed by atoms with Crippen LogP contribution in [-0.2, 0) is 0 Å². The summed E-state index contributed by atoms with van der Waals surface area (Å²) < 4.78 is 0. The number of benzene rings is 1. The number of rotatable bonds is 4. The number of aliphatic hydroxyl groups is 1. The zero-order chi connectivity index (χ0) is 11.5. The van der Waals surface area contributed by atoms with Gasteiger partial charge >= 0.3 is 0 Å². The zero-order valence-corrected chi connectivity index (χ0v) is 10.4. The summed E-state index contributed by atoms with van der Waals surface area (Å²) in [4.78, 5) is 1.24. The first-order valence-electron chi connectivity index (χ1n) is 5.04. The molecule has 0 aromatic heterocycles. The molecule has 0 heterocycles. The first kappa shape index (κ1) is 12.6. The standard InChI is InChI=1S/C12H19NOS/c1-9-4-5-11(10(2)6-9)15-8-12(3,13)7-14/h4-6,14H,7-8,13H2,1-3H3. The molecule has 0 aliphatic carbocycles. The van der Waals surface area contributed by atoms with Crippen molar-refractivity contribution in [3.05, 3.63) is 29.3 Å². The van der Waals surface area contributed by atoms with Crippen molar-refractivity contribution in [2.45, 2.75) is 31.2 Å². The highest BCUT2D eigenvalue weighted by molar-refractivity contribution is 7.99. The minimum absolute atomic E-state index is 0.0188. The molecule has 0 aliphatic rings. The lowest BCUT2D eigenvalue weighted by molar-refractivity contribution is 0.224. The number of nitrogens with two attached hydrogens (primary N) is 1. The van der Waals surface area contributed by atoms with Crippen LogP contribution in [0, 0.1) is 13.8 Å². The van der Waals surface area contributed by atoms with Crippen LogP contribution in [0.5, 0.6) is 0 Å². The van der Waals surface area contributed by atoms with E-state index in [1.165, 1.54) is 16.0 Å². The van der Waals surface area contributed by atoms with Crippen LogP contribution >= 0.6 is 11.8 Å². The van der Waals surface area contributed by atoms with Crippen LogP contribution in [0.3, 0.4) is 0 Å². The number of thioether (sulfide) groups is 1. The van der Waals surface area contributed by atoms with Gasteiger partial charge in [0, 0.05) is 16.2 Å². The average Bonchev–Trinajstić information content (AvgIpc) is 2.16. The highest BCUT2D eigenvalue weighted by atomic mass is 32.2. The van der Waals surface area contributed by atoms with E-state index in [1.54, 1.807) is 11.8 Å². The van der Waals surface area contributed by atoms with E-state index in [1.807, 2.05) is 6.92 Å². The van der Waals surface area contributed by atoms with Crippen LogP contribution in [0.2, 0.25) is 0 Å². The first-order chi connectivity index (χ1) is 6.94. The van der Waals surface area contributed by atoms with Crippen LogP contribution in [0.25, 0.3) is 0 Å². The van der Waals surface area contributed by atoms with Gasteiger partial charge in [-0.05, 0) is 32.4 Å². The molecule has 0 bridgehead atoms. The summed E-state index contributed by atoms with van der Waals surface area (Å²) in [5.41, 5.74) is 7.92. The fourth-order valence-corrected chi connectivity index (χ4v) is 2.28. The second-order valence-electron chi connectivity index (χ2n) is 4.37. The van der Waals surface area contributed by atoms with Crippen LogP contribution in [0.4, 0.5) is 0 Å². The SMILES string of the molecule is Cc1ccc(SCC(C)(N)CO)c(C)c1. The van der Waals surface area contributed by atoms with E-state index in [0.717, 1.165) is 5.75 Å². The van der Waals surface area contributed by atoms with Crippen LogP contribution < -0.4 is 5.73 Å². The summed E-state index contributed by atoms with van der Waals surface area (Å²) in [6, 6.07) is 6.38. The monoisotopic (exact) mass is 225 g/mol. The number of hydrogen-bond acceptors (Lipinski definition) is 3. The largest absolute Gasteiger partial charge is 0.394 e. The molecule has 0 spiro atoms. The lowest BCUT2D eigenvalue weighted by Crippen LogP contribution is -2.42. The van der Waals surface area contributed by atoms with Crippen molar-refractivity contribution in [2.75, 3.05) is 12.4 Å². The Balaban J connectivity index is 2.66. The molecule has 3 heteroatoms. The van der Waals surface area contributed by atoms with E-state index in [0.29, 0.717) is 0 Å². The van der Waals surface area contributed by atoms with Crippen LogP contribution in [-0.4, -0.2) is 23.0 Å². The third-order valence-electron chi connectivity index (χ3n) is 2.25. The second kappa shape index (κ2) is 5.01. The van der Waals surface area contributed by atoms with Crippen LogP contribution in [0.1, 0.15) is 18.1 Å². The number of hydrogen-bond donors (Lipinski definition) is 2. The van der Waals surface area contributed by atoms with Crippen molar-refractivity contribution in [3.8, 4) is 0 Å². The molecule has 0 aliphatic heterocycles. The van der Waals surface area contributed by atoms with E-state index < -0.39 is 5.54 Å². The van der Waals surface area contributed by atoms with Gasteiger partial charge in [-0.25, -0.2) is 0 Å². The summed E-state index contributed by atoms with van der Waals surface area (Å²) in [6.07, 6.45) is 0. The van der Waals surface area contributed by atoms with Crippen molar-refractivity contribution in [3.63, 3.8) is 0 Å². The van der Waals surface area contributed by atoms with E-state index in [-0.39, 0.29) is 6.61 Å². The van der Waals surface area contributed by atoms with Gasteiger partial charge in [0.05, 0.1) is 6.61 Å². The van der Waals surface area contributed by atoms with Crippen molar-refractivity contribution in [1.82, 2.24) is 0 Å². The van der Waals surface area contributed by atoms with Crippen LogP contribution in [0.15, 0.2) is 23.1 Å². The van der Waals surface area contributed by atoms with Crippen molar-refractivity contribution in [1.29, 1.82) is 0 Å². The lowest BCUT2D eigenvalue weighted by atomic mass is 10.1.